The normalized spacial score (nSPS) is 18.1. The van der Waals surface area contributed by atoms with Gasteiger partial charge in [0.25, 0.3) is 0 Å². The van der Waals surface area contributed by atoms with Crippen LogP contribution in [0, 0.1) is 5.21 Å². The lowest BCUT2D eigenvalue weighted by atomic mass is 9.85. The van der Waals surface area contributed by atoms with Crippen molar-refractivity contribution in [3.8, 4) is 5.75 Å². The maximum atomic E-state index is 11.1. The summed E-state index contributed by atoms with van der Waals surface area (Å²) in [6.07, 6.45) is 1.49. The largest absolute Gasteiger partial charge is 0.367 e. The molecule has 74 valence electrons. The van der Waals surface area contributed by atoms with Gasteiger partial charge in [-0.2, -0.15) is 0 Å². The van der Waals surface area contributed by atoms with Crippen LogP contribution in [-0.4, -0.2) is 11.1 Å². The Morgan fingerprint density at radius 3 is 2.86 bits per heavy atom. The highest BCUT2D eigenvalue weighted by Crippen LogP contribution is 2.34. The van der Waals surface area contributed by atoms with Crippen molar-refractivity contribution >= 4 is 17.8 Å². The molecule has 0 amide bonds. The number of nitrogens with zero attached hydrogens (tertiary/aromatic N) is 1. The van der Waals surface area contributed by atoms with Gasteiger partial charge in [0, 0.05) is 9.92 Å². The van der Waals surface area contributed by atoms with Gasteiger partial charge in [0.1, 0.15) is 0 Å². The summed E-state index contributed by atoms with van der Waals surface area (Å²) in [5.74, 6) is 0.528. The lowest BCUT2D eigenvalue weighted by molar-refractivity contribution is -0.694. The minimum absolute atomic E-state index is 0.320. The van der Waals surface area contributed by atoms with Gasteiger partial charge in [-0.25, -0.2) is 0 Å². The first kappa shape index (κ1) is 9.34. The van der Waals surface area contributed by atoms with Crippen molar-refractivity contribution in [1.29, 1.82) is 0 Å². The Morgan fingerprint density at radius 2 is 2.14 bits per heavy atom. The standard InChI is InChI=1S/C10H10ClNO2/c1-10(2)6-12(13)14-9-5-7(11)3-4-8(9)10/h3-6H,1-2H3. The molecular formula is C10H10ClNO2. The van der Waals surface area contributed by atoms with Crippen molar-refractivity contribution in [3.05, 3.63) is 34.0 Å². The second-order valence-corrected chi connectivity index (χ2v) is 4.30. The first-order valence-corrected chi connectivity index (χ1v) is 4.67. The molecule has 3 nitrogen and oxygen atoms in total. The van der Waals surface area contributed by atoms with Crippen molar-refractivity contribution in [2.75, 3.05) is 0 Å². The molecule has 0 atom stereocenters. The molecule has 14 heavy (non-hydrogen) atoms. The number of fused-ring (bicyclic) bond motifs is 1. The van der Waals surface area contributed by atoms with Crippen LogP contribution in [0.25, 0.3) is 0 Å². The van der Waals surface area contributed by atoms with Crippen LogP contribution < -0.4 is 4.84 Å². The molecule has 0 N–H and O–H groups in total. The molecule has 1 heterocycles. The molecular weight excluding hydrogens is 202 g/mol. The minimum atomic E-state index is -0.320. The summed E-state index contributed by atoms with van der Waals surface area (Å²) in [5.41, 5.74) is 0.647. The van der Waals surface area contributed by atoms with Crippen LogP contribution in [0.2, 0.25) is 5.02 Å². The summed E-state index contributed by atoms with van der Waals surface area (Å²) in [4.78, 5) is 5.46. The molecule has 0 aliphatic carbocycles. The monoisotopic (exact) mass is 211 g/mol. The van der Waals surface area contributed by atoms with E-state index in [1.807, 2.05) is 19.9 Å². The van der Waals surface area contributed by atoms with Crippen LogP contribution >= 0.6 is 11.6 Å². The average Bonchev–Trinajstić information content (AvgIpc) is 2.00. The van der Waals surface area contributed by atoms with E-state index in [2.05, 4.69) is 0 Å². The lowest BCUT2D eigenvalue weighted by Gasteiger charge is -2.26. The summed E-state index contributed by atoms with van der Waals surface area (Å²) >= 11 is 5.81. The fourth-order valence-electron chi connectivity index (χ4n) is 1.56. The molecule has 0 radical (unpaired) electrons. The third kappa shape index (κ3) is 1.44. The predicted molar refractivity (Wildman–Crippen MR) is 54.8 cm³/mol. The average molecular weight is 212 g/mol. The maximum absolute atomic E-state index is 11.1. The van der Waals surface area contributed by atoms with Gasteiger partial charge >= 0.3 is 0 Å². The summed E-state index contributed by atoms with van der Waals surface area (Å²) in [7, 11) is 0. The Morgan fingerprint density at radius 1 is 1.43 bits per heavy atom. The van der Waals surface area contributed by atoms with Crippen molar-refractivity contribution in [1.82, 2.24) is 0 Å². The van der Waals surface area contributed by atoms with E-state index < -0.39 is 0 Å². The van der Waals surface area contributed by atoms with Gasteiger partial charge in [-0.1, -0.05) is 17.7 Å². The minimum Gasteiger partial charge on any atom is -0.367 e. The van der Waals surface area contributed by atoms with Gasteiger partial charge in [0.05, 0.1) is 11.2 Å². The second-order valence-electron chi connectivity index (χ2n) is 3.87. The molecule has 1 aromatic carbocycles. The van der Waals surface area contributed by atoms with E-state index in [4.69, 9.17) is 16.4 Å². The number of halogens is 1. The lowest BCUT2D eigenvalue weighted by Crippen LogP contribution is -2.31. The molecule has 2 rings (SSSR count). The molecule has 0 aromatic heterocycles. The van der Waals surface area contributed by atoms with E-state index in [9.17, 15) is 5.21 Å². The maximum Gasteiger partial charge on any atom is 0.220 e. The SMILES string of the molecule is CC1(C)C=[N+]([O-])Oc2cc(Cl)ccc21. The fourth-order valence-corrected chi connectivity index (χ4v) is 1.72. The molecule has 1 aromatic rings. The van der Waals surface area contributed by atoms with Gasteiger partial charge in [-0.3, -0.25) is 5.21 Å². The van der Waals surface area contributed by atoms with E-state index in [0.717, 1.165) is 5.56 Å². The first-order chi connectivity index (χ1) is 6.49. The Hall–Kier alpha value is -1.22. The third-order valence-corrected chi connectivity index (χ3v) is 2.49. The molecule has 4 heteroatoms. The third-order valence-electron chi connectivity index (χ3n) is 2.25. The first-order valence-electron chi connectivity index (χ1n) is 4.29. The zero-order valence-electron chi connectivity index (χ0n) is 7.95. The van der Waals surface area contributed by atoms with E-state index >= 15 is 0 Å². The summed E-state index contributed by atoms with van der Waals surface area (Å²) < 4.78 is 0. The second kappa shape index (κ2) is 2.89. The van der Waals surface area contributed by atoms with Crippen molar-refractivity contribution in [2.45, 2.75) is 19.3 Å². The van der Waals surface area contributed by atoms with Crippen LogP contribution in [0.4, 0.5) is 0 Å². The highest BCUT2D eigenvalue weighted by atomic mass is 35.5. The molecule has 0 unspecified atom stereocenters. The van der Waals surface area contributed by atoms with Crippen LogP contribution in [0.1, 0.15) is 19.4 Å². The van der Waals surface area contributed by atoms with Gasteiger partial charge in [0.2, 0.25) is 6.21 Å². The number of benzene rings is 1. The predicted octanol–water partition coefficient (Wildman–Crippen LogP) is 2.51. The summed E-state index contributed by atoms with van der Waals surface area (Å²) in [6, 6.07) is 5.32. The zero-order chi connectivity index (χ0) is 10.3. The number of hydrogen-bond acceptors (Lipinski definition) is 2. The van der Waals surface area contributed by atoms with E-state index in [-0.39, 0.29) is 5.41 Å². The quantitative estimate of drug-likeness (QED) is 0.618. The summed E-state index contributed by atoms with van der Waals surface area (Å²) in [6.45, 7) is 3.90. The van der Waals surface area contributed by atoms with Gasteiger partial charge in [-0.05, 0) is 31.5 Å². The van der Waals surface area contributed by atoms with Crippen LogP contribution in [0.3, 0.4) is 0 Å². The molecule has 0 saturated carbocycles. The van der Waals surface area contributed by atoms with Crippen LogP contribution in [0.15, 0.2) is 18.2 Å². The summed E-state index contributed by atoms with van der Waals surface area (Å²) in [5, 5.41) is 11.7. The van der Waals surface area contributed by atoms with E-state index in [0.29, 0.717) is 15.7 Å². The topological polar surface area (TPSA) is 35.3 Å². The number of rotatable bonds is 0. The Kier molecular flexibility index (Phi) is 1.93. The molecule has 1 aliphatic heterocycles. The Labute approximate surface area is 87.1 Å². The van der Waals surface area contributed by atoms with Crippen LogP contribution in [0.5, 0.6) is 5.75 Å². The van der Waals surface area contributed by atoms with E-state index in [1.54, 1.807) is 12.1 Å². The van der Waals surface area contributed by atoms with Crippen molar-refractivity contribution < 1.29 is 9.74 Å². The van der Waals surface area contributed by atoms with Gasteiger partial charge in [-0.15, -0.1) is 0 Å². The Bertz CT molecular complexity index is 413. The smallest absolute Gasteiger partial charge is 0.220 e. The fraction of sp³-hybridized carbons (Fsp3) is 0.300. The molecule has 0 saturated heterocycles. The molecule has 0 fully saturated rings. The van der Waals surface area contributed by atoms with Crippen LogP contribution in [-0.2, 0) is 5.41 Å². The molecule has 0 bridgehead atoms. The highest BCUT2D eigenvalue weighted by molar-refractivity contribution is 6.30. The van der Waals surface area contributed by atoms with Crippen molar-refractivity contribution in [3.63, 3.8) is 0 Å². The molecule has 0 spiro atoms. The van der Waals surface area contributed by atoms with Gasteiger partial charge in [0.15, 0.2) is 0 Å². The van der Waals surface area contributed by atoms with Crippen molar-refractivity contribution in [2.24, 2.45) is 0 Å². The zero-order valence-corrected chi connectivity index (χ0v) is 8.71. The molecule has 1 aliphatic rings. The van der Waals surface area contributed by atoms with E-state index in [1.165, 1.54) is 6.21 Å². The number of hydrogen-bond donors (Lipinski definition) is 0. The Balaban J connectivity index is 2.59. The van der Waals surface area contributed by atoms with Gasteiger partial charge < -0.3 is 4.84 Å². The highest BCUT2D eigenvalue weighted by Gasteiger charge is 2.30.